The Bertz CT molecular complexity index is 1650. The van der Waals surface area contributed by atoms with Gasteiger partial charge in [-0.25, -0.2) is 0 Å². The van der Waals surface area contributed by atoms with Gasteiger partial charge in [-0.05, 0) is 100 Å². The molecule has 0 aliphatic carbocycles. The maximum Gasteiger partial charge on any atom is 0.238 e. The average molecular weight is 685 g/mol. The van der Waals surface area contributed by atoms with E-state index in [9.17, 15) is 9.59 Å². The number of carbonyl (C=O) groups is 2. The van der Waals surface area contributed by atoms with Crippen molar-refractivity contribution in [1.82, 2.24) is 5.32 Å². The molecule has 0 aromatic heterocycles. The normalized spacial score (nSPS) is 21.5. The number of hydrogen-bond acceptors (Lipinski definition) is 4. The van der Waals surface area contributed by atoms with Crippen molar-refractivity contribution < 1.29 is 19.1 Å². The van der Waals surface area contributed by atoms with E-state index in [-0.39, 0.29) is 18.2 Å². The minimum absolute atomic E-state index is 0.102. The van der Waals surface area contributed by atoms with Crippen molar-refractivity contribution in [3.05, 3.63) is 115 Å². The Kier molecular flexibility index (Phi) is 7.14. The third-order valence-corrected chi connectivity index (χ3v) is 8.71. The molecule has 9 heteroatoms. The van der Waals surface area contributed by atoms with E-state index in [1.807, 2.05) is 66.7 Å². The minimum Gasteiger partial charge on any atom is -0.497 e. The third kappa shape index (κ3) is 4.60. The van der Waals surface area contributed by atoms with Crippen molar-refractivity contribution in [3.8, 4) is 17.2 Å². The highest BCUT2D eigenvalue weighted by Crippen LogP contribution is 2.58. The van der Waals surface area contributed by atoms with Crippen LogP contribution in [0.3, 0.4) is 0 Å². The number of halogens is 3. The zero-order chi connectivity index (χ0) is 28.0. The molecule has 3 unspecified atom stereocenters. The largest absolute Gasteiger partial charge is 0.497 e. The summed E-state index contributed by atoms with van der Waals surface area (Å²) < 4.78 is 12.6. The second-order valence-corrected chi connectivity index (χ2v) is 11.9. The molecule has 6 nitrogen and oxygen atoms in total. The van der Waals surface area contributed by atoms with E-state index >= 15 is 0 Å². The van der Waals surface area contributed by atoms with Gasteiger partial charge in [0.2, 0.25) is 11.8 Å². The van der Waals surface area contributed by atoms with Gasteiger partial charge in [0.25, 0.3) is 0 Å². The van der Waals surface area contributed by atoms with E-state index in [1.54, 1.807) is 25.3 Å². The molecule has 2 amide bonds. The number of methoxy groups -OCH3 is 1. The molecule has 2 heterocycles. The molecule has 4 aromatic carbocycles. The van der Waals surface area contributed by atoms with Crippen LogP contribution in [0.25, 0.3) is 0 Å². The fraction of sp³-hybridized carbons (Fsp3) is 0.161. The molecular formula is C31H23Cl2IN2O4. The maximum atomic E-state index is 14.3. The molecule has 1 fully saturated rings. The standard InChI is InChI=1S/C31H23Cl2IN2O4/c1-39-21-7-9-22(10-8-21)40-27-12-6-20(34)15-23(27)29-31(24-11-5-19(33)14-26(24)35-30(31)38)25(16-28(37)36-29)17-3-2-4-18(32)13-17/h2-15,25,29H,16H2,1H3,(H,35,38)(H,36,37). The summed E-state index contributed by atoms with van der Waals surface area (Å²) in [7, 11) is 1.60. The summed E-state index contributed by atoms with van der Waals surface area (Å²) in [4.78, 5) is 27.7. The average Bonchev–Trinajstić information content (AvgIpc) is 3.22. The van der Waals surface area contributed by atoms with Crippen LogP contribution < -0.4 is 20.1 Å². The van der Waals surface area contributed by atoms with Crippen LogP contribution in [0.4, 0.5) is 5.69 Å². The lowest BCUT2D eigenvalue weighted by Crippen LogP contribution is -2.56. The highest BCUT2D eigenvalue weighted by atomic mass is 127. The van der Waals surface area contributed by atoms with Crippen molar-refractivity contribution in [2.75, 3.05) is 12.4 Å². The Morgan fingerprint density at radius 1 is 0.900 bits per heavy atom. The van der Waals surface area contributed by atoms with Gasteiger partial charge in [0, 0.05) is 37.2 Å². The van der Waals surface area contributed by atoms with Gasteiger partial charge in [0.1, 0.15) is 22.7 Å². The summed E-state index contributed by atoms with van der Waals surface area (Å²) in [5, 5.41) is 7.26. The summed E-state index contributed by atoms with van der Waals surface area (Å²) in [6.45, 7) is 0. The topological polar surface area (TPSA) is 76.7 Å². The monoisotopic (exact) mass is 684 g/mol. The molecule has 40 heavy (non-hydrogen) atoms. The molecule has 2 aliphatic heterocycles. The van der Waals surface area contributed by atoms with E-state index < -0.39 is 17.4 Å². The smallest absolute Gasteiger partial charge is 0.238 e. The lowest BCUT2D eigenvalue weighted by atomic mass is 9.59. The molecule has 4 aromatic rings. The summed E-state index contributed by atoms with van der Waals surface area (Å²) in [6.07, 6.45) is 0.102. The van der Waals surface area contributed by atoms with Gasteiger partial charge in [-0.2, -0.15) is 0 Å². The van der Waals surface area contributed by atoms with Crippen LogP contribution in [0.15, 0.2) is 84.9 Å². The van der Waals surface area contributed by atoms with Crippen molar-refractivity contribution in [1.29, 1.82) is 0 Å². The number of hydrogen-bond donors (Lipinski definition) is 2. The first kappa shape index (κ1) is 26.9. The van der Waals surface area contributed by atoms with Gasteiger partial charge < -0.3 is 20.1 Å². The molecule has 6 rings (SSSR count). The lowest BCUT2D eigenvalue weighted by Gasteiger charge is -2.46. The van der Waals surface area contributed by atoms with Crippen LogP contribution in [0.1, 0.15) is 35.1 Å². The van der Waals surface area contributed by atoms with Crippen molar-refractivity contribution in [2.24, 2.45) is 0 Å². The Balaban J connectivity index is 1.58. The van der Waals surface area contributed by atoms with Crippen LogP contribution in [0, 0.1) is 3.57 Å². The molecule has 0 bridgehead atoms. The summed E-state index contributed by atoms with van der Waals surface area (Å²) >= 11 is 15.0. The molecular weight excluding hydrogens is 662 g/mol. The van der Waals surface area contributed by atoms with Crippen LogP contribution in [0.2, 0.25) is 10.0 Å². The number of ether oxygens (including phenoxy) is 2. The van der Waals surface area contributed by atoms with Crippen LogP contribution >= 0.6 is 45.8 Å². The zero-order valence-corrected chi connectivity index (χ0v) is 24.9. The van der Waals surface area contributed by atoms with Gasteiger partial charge >= 0.3 is 0 Å². The van der Waals surface area contributed by atoms with Crippen LogP contribution in [-0.2, 0) is 15.0 Å². The van der Waals surface area contributed by atoms with E-state index in [0.29, 0.717) is 38.5 Å². The van der Waals surface area contributed by atoms with E-state index in [1.165, 1.54) is 0 Å². The Hall–Kier alpha value is -3.27. The molecule has 2 aliphatic rings. The molecule has 0 radical (unpaired) electrons. The number of nitrogens with one attached hydrogen (secondary N) is 2. The number of piperidine rings is 1. The van der Waals surface area contributed by atoms with Crippen LogP contribution in [-0.4, -0.2) is 18.9 Å². The van der Waals surface area contributed by atoms with E-state index in [0.717, 1.165) is 14.7 Å². The van der Waals surface area contributed by atoms with Gasteiger partial charge in [0.15, 0.2) is 0 Å². The van der Waals surface area contributed by atoms with Gasteiger partial charge in [-0.3, -0.25) is 9.59 Å². The minimum atomic E-state index is -1.21. The van der Waals surface area contributed by atoms with Crippen LogP contribution in [0.5, 0.6) is 17.2 Å². The summed E-state index contributed by atoms with van der Waals surface area (Å²) in [5.74, 6) is 0.903. The molecule has 2 N–H and O–H groups in total. The Morgan fingerprint density at radius 2 is 1.65 bits per heavy atom. The van der Waals surface area contributed by atoms with E-state index in [4.69, 9.17) is 32.7 Å². The molecule has 1 saturated heterocycles. The van der Waals surface area contributed by atoms with Crippen molar-refractivity contribution >= 4 is 63.3 Å². The van der Waals surface area contributed by atoms with Gasteiger partial charge in [-0.1, -0.05) is 41.4 Å². The van der Waals surface area contributed by atoms with Gasteiger partial charge in [-0.15, -0.1) is 0 Å². The highest BCUT2D eigenvalue weighted by Gasteiger charge is 2.61. The van der Waals surface area contributed by atoms with Crippen molar-refractivity contribution in [3.63, 3.8) is 0 Å². The summed E-state index contributed by atoms with van der Waals surface area (Å²) in [6, 6.07) is 25.0. The van der Waals surface area contributed by atoms with Gasteiger partial charge in [0.05, 0.1) is 13.2 Å². The molecule has 202 valence electrons. The Morgan fingerprint density at radius 3 is 2.40 bits per heavy atom. The summed E-state index contributed by atoms with van der Waals surface area (Å²) in [5.41, 5.74) is 1.65. The first-order valence-corrected chi connectivity index (χ1v) is 14.4. The number of carbonyl (C=O) groups excluding carboxylic acids is 2. The SMILES string of the molecule is COc1ccc(Oc2ccc(I)cc2C2NC(=O)CC(c3cccc(Cl)c3)C23C(=O)Nc2cc(Cl)ccc23)cc1. The fourth-order valence-corrected chi connectivity index (χ4v) is 6.76. The number of anilines is 1. The quantitative estimate of drug-likeness (QED) is 0.212. The second kappa shape index (κ2) is 10.6. The predicted octanol–water partition coefficient (Wildman–Crippen LogP) is 7.63. The number of amides is 2. The van der Waals surface area contributed by atoms with E-state index in [2.05, 4.69) is 33.2 Å². The highest BCUT2D eigenvalue weighted by molar-refractivity contribution is 14.1. The predicted molar refractivity (Wildman–Crippen MR) is 164 cm³/mol. The molecule has 0 saturated carbocycles. The number of benzene rings is 4. The third-order valence-electron chi connectivity index (χ3n) is 7.57. The number of fused-ring (bicyclic) bond motifs is 2. The zero-order valence-electron chi connectivity index (χ0n) is 21.2. The fourth-order valence-electron chi connectivity index (χ4n) is 5.88. The maximum absolute atomic E-state index is 14.3. The lowest BCUT2D eigenvalue weighted by molar-refractivity contribution is -0.131. The second-order valence-electron chi connectivity index (χ2n) is 9.79. The Labute approximate surface area is 255 Å². The number of rotatable bonds is 5. The van der Waals surface area contributed by atoms with Crippen molar-refractivity contribution in [2.45, 2.75) is 23.8 Å². The molecule has 1 spiro atoms. The first-order chi connectivity index (χ1) is 19.3. The first-order valence-electron chi connectivity index (χ1n) is 12.6. The molecule has 3 atom stereocenters.